The molecule has 1 aliphatic heterocycles. The van der Waals surface area contributed by atoms with Gasteiger partial charge in [0.25, 0.3) is 0 Å². The van der Waals surface area contributed by atoms with Crippen LogP contribution >= 0.6 is 24.0 Å². The molecule has 7 nitrogen and oxygen atoms in total. The third-order valence-corrected chi connectivity index (χ3v) is 2.31. The van der Waals surface area contributed by atoms with E-state index in [1.165, 1.54) is 0 Å². The second kappa shape index (κ2) is 8.93. The van der Waals surface area contributed by atoms with Crippen LogP contribution in [0.3, 0.4) is 0 Å². The van der Waals surface area contributed by atoms with E-state index in [1.54, 1.807) is 0 Å². The summed E-state index contributed by atoms with van der Waals surface area (Å²) in [4.78, 5) is 17.0. The Bertz CT molecular complexity index is 342. The first kappa shape index (κ1) is 16.9. The Morgan fingerprint density at radius 2 is 2.44 bits per heavy atom. The Morgan fingerprint density at radius 3 is 3.06 bits per heavy atom. The van der Waals surface area contributed by atoms with Gasteiger partial charge in [-0.25, -0.2) is 4.99 Å². The standard InChI is InChI=1S/C10H17N5O2.HI/c1-8-7-15(4-5-17-8)10(12)14-6-9(16)13-3-2-11;/h8H,3-7H2,1H3,(H2,12,14)(H,13,16);1H. The number of amides is 1. The molecule has 1 fully saturated rings. The maximum atomic E-state index is 11.2. The average Bonchev–Trinajstić information content (AvgIpc) is 2.33. The molecule has 8 heteroatoms. The number of hydrogen-bond donors (Lipinski definition) is 2. The summed E-state index contributed by atoms with van der Waals surface area (Å²) < 4.78 is 5.37. The zero-order valence-electron chi connectivity index (χ0n) is 10.3. The first-order valence-electron chi connectivity index (χ1n) is 5.43. The van der Waals surface area contributed by atoms with Gasteiger partial charge < -0.3 is 20.7 Å². The molecule has 1 atom stereocenters. The normalized spacial score (nSPS) is 19.7. The molecule has 1 aliphatic rings. The molecule has 18 heavy (non-hydrogen) atoms. The van der Waals surface area contributed by atoms with E-state index in [4.69, 9.17) is 15.7 Å². The first-order valence-corrected chi connectivity index (χ1v) is 5.43. The molecule has 0 aromatic carbocycles. The summed E-state index contributed by atoms with van der Waals surface area (Å²) >= 11 is 0. The molecule has 1 saturated heterocycles. The number of ether oxygens (including phenoxy) is 1. The number of nitriles is 1. The summed E-state index contributed by atoms with van der Waals surface area (Å²) in [7, 11) is 0. The number of carbonyl (C=O) groups is 1. The second-order valence-corrected chi connectivity index (χ2v) is 3.74. The van der Waals surface area contributed by atoms with Crippen LogP contribution in [-0.2, 0) is 9.53 Å². The molecule has 0 spiro atoms. The molecule has 0 radical (unpaired) electrons. The van der Waals surface area contributed by atoms with E-state index < -0.39 is 0 Å². The Kier molecular flexibility index (Phi) is 8.40. The summed E-state index contributed by atoms with van der Waals surface area (Å²) in [6, 6.07) is 1.82. The molecule has 1 rings (SSSR count). The lowest BCUT2D eigenvalue weighted by atomic mass is 10.3. The van der Waals surface area contributed by atoms with Crippen LogP contribution < -0.4 is 11.1 Å². The van der Waals surface area contributed by atoms with Crippen LogP contribution in [0.1, 0.15) is 6.92 Å². The molecular weight excluding hydrogens is 349 g/mol. The molecule has 0 aromatic rings. The van der Waals surface area contributed by atoms with Crippen LogP contribution in [0, 0.1) is 11.3 Å². The third-order valence-electron chi connectivity index (χ3n) is 2.31. The number of hydrogen-bond acceptors (Lipinski definition) is 4. The van der Waals surface area contributed by atoms with Crippen molar-refractivity contribution in [2.24, 2.45) is 10.7 Å². The maximum absolute atomic E-state index is 11.2. The number of nitrogens with two attached hydrogens (primary N) is 1. The van der Waals surface area contributed by atoms with E-state index in [-0.39, 0.29) is 49.1 Å². The fraction of sp³-hybridized carbons (Fsp3) is 0.700. The highest BCUT2D eigenvalue weighted by atomic mass is 127. The van der Waals surface area contributed by atoms with Gasteiger partial charge in [-0.3, -0.25) is 4.79 Å². The summed E-state index contributed by atoms with van der Waals surface area (Å²) in [5.74, 6) is 0.0306. The van der Waals surface area contributed by atoms with Crippen LogP contribution in [0.5, 0.6) is 0 Å². The summed E-state index contributed by atoms with van der Waals surface area (Å²) in [5.41, 5.74) is 5.76. The van der Waals surface area contributed by atoms with Crippen molar-refractivity contribution < 1.29 is 9.53 Å². The van der Waals surface area contributed by atoms with Crippen molar-refractivity contribution in [1.29, 1.82) is 5.26 Å². The maximum Gasteiger partial charge on any atom is 0.242 e. The third kappa shape index (κ3) is 6.02. The summed E-state index contributed by atoms with van der Waals surface area (Å²) in [6.45, 7) is 3.85. The van der Waals surface area contributed by atoms with Crippen molar-refractivity contribution >= 4 is 35.8 Å². The van der Waals surface area contributed by atoms with Gasteiger partial charge in [0.15, 0.2) is 5.96 Å². The van der Waals surface area contributed by atoms with Crippen LogP contribution in [-0.4, -0.2) is 55.7 Å². The van der Waals surface area contributed by atoms with Crippen molar-refractivity contribution in [3.05, 3.63) is 0 Å². The minimum Gasteiger partial charge on any atom is -0.375 e. The predicted molar refractivity (Wildman–Crippen MR) is 77.5 cm³/mol. The first-order chi connectivity index (χ1) is 8.13. The second-order valence-electron chi connectivity index (χ2n) is 3.74. The lowest BCUT2D eigenvalue weighted by molar-refractivity contribution is -0.119. The van der Waals surface area contributed by atoms with Gasteiger partial charge in [-0.15, -0.1) is 24.0 Å². The predicted octanol–water partition coefficient (Wildman–Crippen LogP) is -0.720. The Hall–Kier alpha value is -1.08. The fourth-order valence-corrected chi connectivity index (χ4v) is 1.47. The van der Waals surface area contributed by atoms with Crippen molar-refractivity contribution in [2.75, 3.05) is 32.8 Å². The van der Waals surface area contributed by atoms with E-state index in [0.717, 1.165) is 0 Å². The molecule has 0 saturated carbocycles. The quantitative estimate of drug-likeness (QED) is 0.297. The van der Waals surface area contributed by atoms with E-state index in [0.29, 0.717) is 25.7 Å². The minimum absolute atomic E-state index is 0. The van der Waals surface area contributed by atoms with Crippen LogP contribution in [0.4, 0.5) is 0 Å². The zero-order chi connectivity index (χ0) is 12.7. The molecule has 102 valence electrons. The van der Waals surface area contributed by atoms with E-state index >= 15 is 0 Å². The SMILES string of the molecule is CC1CN(C(N)=NCC(=O)NCC#N)CCO1.I. The van der Waals surface area contributed by atoms with E-state index in [9.17, 15) is 4.79 Å². The van der Waals surface area contributed by atoms with E-state index in [1.807, 2.05) is 17.9 Å². The Labute approximate surface area is 123 Å². The van der Waals surface area contributed by atoms with Gasteiger partial charge in [-0.1, -0.05) is 0 Å². The van der Waals surface area contributed by atoms with Crippen molar-refractivity contribution in [1.82, 2.24) is 10.2 Å². The van der Waals surface area contributed by atoms with Gasteiger partial charge in [0.05, 0.1) is 18.8 Å². The molecular formula is C10H18IN5O2. The van der Waals surface area contributed by atoms with Gasteiger partial charge in [0.2, 0.25) is 5.91 Å². The highest BCUT2D eigenvalue weighted by Gasteiger charge is 2.18. The zero-order valence-corrected chi connectivity index (χ0v) is 12.6. The fourth-order valence-electron chi connectivity index (χ4n) is 1.47. The average molecular weight is 367 g/mol. The lowest BCUT2D eigenvalue weighted by Gasteiger charge is -2.31. The summed E-state index contributed by atoms with van der Waals surface area (Å²) in [5, 5.41) is 10.7. The van der Waals surface area contributed by atoms with Crippen molar-refractivity contribution in [2.45, 2.75) is 13.0 Å². The monoisotopic (exact) mass is 367 g/mol. The molecule has 1 amide bonds. The van der Waals surface area contributed by atoms with Crippen LogP contribution in [0.2, 0.25) is 0 Å². The van der Waals surface area contributed by atoms with Gasteiger partial charge in [-0.05, 0) is 6.92 Å². The lowest BCUT2D eigenvalue weighted by Crippen LogP contribution is -2.48. The molecule has 1 heterocycles. The van der Waals surface area contributed by atoms with Crippen molar-refractivity contribution in [3.63, 3.8) is 0 Å². The number of nitrogens with one attached hydrogen (secondary N) is 1. The highest BCUT2D eigenvalue weighted by molar-refractivity contribution is 14.0. The van der Waals surface area contributed by atoms with Gasteiger partial charge in [-0.2, -0.15) is 5.26 Å². The number of morpholine rings is 1. The number of aliphatic imine (C=N–C) groups is 1. The number of carbonyl (C=O) groups excluding carboxylic acids is 1. The Morgan fingerprint density at radius 1 is 1.72 bits per heavy atom. The van der Waals surface area contributed by atoms with Gasteiger partial charge >= 0.3 is 0 Å². The smallest absolute Gasteiger partial charge is 0.242 e. The molecule has 0 aliphatic carbocycles. The topological polar surface area (TPSA) is 104 Å². The van der Waals surface area contributed by atoms with Gasteiger partial charge in [0.1, 0.15) is 13.1 Å². The van der Waals surface area contributed by atoms with Crippen LogP contribution in [0.25, 0.3) is 0 Å². The van der Waals surface area contributed by atoms with E-state index in [2.05, 4.69) is 10.3 Å². The number of rotatable bonds is 3. The number of nitrogens with zero attached hydrogens (tertiary/aromatic N) is 3. The van der Waals surface area contributed by atoms with Crippen LogP contribution in [0.15, 0.2) is 4.99 Å². The molecule has 1 unspecified atom stereocenters. The largest absolute Gasteiger partial charge is 0.375 e. The molecule has 3 N–H and O–H groups in total. The van der Waals surface area contributed by atoms with Gasteiger partial charge in [0, 0.05) is 13.1 Å². The molecule has 0 aromatic heterocycles. The Balaban J connectivity index is 0.00000289. The summed E-state index contributed by atoms with van der Waals surface area (Å²) in [6.07, 6.45) is 0.116. The van der Waals surface area contributed by atoms with Crippen molar-refractivity contribution in [3.8, 4) is 6.07 Å². The minimum atomic E-state index is -0.309. The molecule has 0 bridgehead atoms. The number of guanidine groups is 1. The number of halogens is 1. The highest BCUT2D eigenvalue weighted by Crippen LogP contribution is 2.03.